The van der Waals surface area contributed by atoms with Crippen LogP contribution in [0.3, 0.4) is 0 Å². The van der Waals surface area contributed by atoms with Gasteiger partial charge in [-0.05, 0) is 51.4 Å². The van der Waals surface area contributed by atoms with E-state index in [1.807, 2.05) is 0 Å². The number of ether oxygens (including phenoxy) is 1. The van der Waals surface area contributed by atoms with Crippen molar-refractivity contribution in [2.45, 2.75) is 70.4 Å². The van der Waals surface area contributed by atoms with Gasteiger partial charge in [0.1, 0.15) is 5.54 Å². The number of nitrogens with one attached hydrogen (secondary N) is 1. The molecule has 0 radical (unpaired) electrons. The van der Waals surface area contributed by atoms with E-state index in [-0.39, 0.29) is 0 Å². The Balaban J connectivity index is 1.80. The lowest BCUT2D eigenvalue weighted by Crippen LogP contribution is -2.53. The highest BCUT2D eigenvalue weighted by molar-refractivity contribution is 5.16. The average Bonchev–Trinajstić information content (AvgIpc) is 3.23. The fourth-order valence-corrected chi connectivity index (χ4v) is 3.26. The van der Waals surface area contributed by atoms with Crippen molar-refractivity contribution in [1.29, 1.82) is 5.26 Å². The standard InChI is InChI=1S/C16H28N2O/c1-13(2)18-16(11-17,15-8-9-15)12-19-10-14-6-4-3-5-7-14/h13-15,18H,3-10,12H2,1-2H3. The minimum Gasteiger partial charge on any atom is -0.378 e. The van der Waals surface area contributed by atoms with Crippen molar-refractivity contribution in [2.75, 3.05) is 13.2 Å². The van der Waals surface area contributed by atoms with Crippen LogP contribution in [0.5, 0.6) is 0 Å². The van der Waals surface area contributed by atoms with E-state index in [1.165, 1.54) is 44.9 Å². The molecule has 0 aromatic heterocycles. The van der Waals surface area contributed by atoms with Crippen LogP contribution in [0.25, 0.3) is 0 Å². The molecule has 0 aromatic rings. The molecule has 108 valence electrons. The number of nitrogens with zero attached hydrogens (tertiary/aromatic N) is 1. The quantitative estimate of drug-likeness (QED) is 0.767. The van der Waals surface area contributed by atoms with Gasteiger partial charge in [0.05, 0.1) is 12.7 Å². The molecule has 3 heteroatoms. The van der Waals surface area contributed by atoms with Gasteiger partial charge in [-0.3, -0.25) is 5.32 Å². The summed E-state index contributed by atoms with van der Waals surface area (Å²) in [7, 11) is 0. The Morgan fingerprint density at radius 3 is 2.42 bits per heavy atom. The van der Waals surface area contributed by atoms with Gasteiger partial charge in [-0.2, -0.15) is 5.26 Å². The summed E-state index contributed by atoms with van der Waals surface area (Å²) >= 11 is 0. The minimum atomic E-state index is -0.442. The second kappa shape index (κ2) is 6.72. The molecule has 0 heterocycles. The lowest BCUT2D eigenvalue weighted by Gasteiger charge is -2.31. The Kier molecular flexibility index (Phi) is 5.24. The van der Waals surface area contributed by atoms with Crippen molar-refractivity contribution in [3.8, 4) is 6.07 Å². The van der Waals surface area contributed by atoms with Gasteiger partial charge < -0.3 is 4.74 Å². The maximum Gasteiger partial charge on any atom is 0.133 e. The summed E-state index contributed by atoms with van der Waals surface area (Å²) in [6.07, 6.45) is 9.03. The molecule has 2 saturated carbocycles. The highest BCUT2D eigenvalue weighted by atomic mass is 16.5. The van der Waals surface area contributed by atoms with Crippen molar-refractivity contribution in [1.82, 2.24) is 5.32 Å². The van der Waals surface area contributed by atoms with Crippen LogP contribution in [0.4, 0.5) is 0 Å². The van der Waals surface area contributed by atoms with E-state index in [0.717, 1.165) is 12.5 Å². The van der Waals surface area contributed by atoms with Crippen molar-refractivity contribution in [3.63, 3.8) is 0 Å². The Hall–Kier alpha value is -0.590. The first-order chi connectivity index (χ1) is 9.16. The Labute approximate surface area is 117 Å². The lowest BCUT2D eigenvalue weighted by molar-refractivity contribution is 0.0449. The van der Waals surface area contributed by atoms with Crippen LogP contribution in [-0.2, 0) is 4.74 Å². The molecule has 0 amide bonds. The van der Waals surface area contributed by atoms with Crippen LogP contribution in [0.2, 0.25) is 0 Å². The zero-order valence-electron chi connectivity index (χ0n) is 12.5. The average molecular weight is 264 g/mol. The first-order valence-electron chi connectivity index (χ1n) is 7.93. The van der Waals surface area contributed by atoms with Gasteiger partial charge in [-0.15, -0.1) is 0 Å². The molecule has 3 nitrogen and oxygen atoms in total. The number of hydrogen-bond donors (Lipinski definition) is 1. The molecule has 0 aromatic carbocycles. The third-order valence-electron chi connectivity index (χ3n) is 4.43. The predicted octanol–water partition coefficient (Wildman–Crippen LogP) is 3.25. The third-order valence-corrected chi connectivity index (χ3v) is 4.43. The molecule has 2 rings (SSSR count). The molecular weight excluding hydrogens is 236 g/mol. The van der Waals surface area contributed by atoms with Gasteiger partial charge >= 0.3 is 0 Å². The Morgan fingerprint density at radius 1 is 1.21 bits per heavy atom. The van der Waals surface area contributed by atoms with Crippen LogP contribution < -0.4 is 5.32 Å². The molecule has 0 bridgehead atoms. The van der Waals surface area contributed by atoms with Crippen LogP contribution in [0, 0.1) is 23.2 Å². The second-order valence-electron chi connectivity index (χ2n) is 6.68. The summed E-state index contributed by atoms with van der Waals surface area (Å²) in [6, 6.07) is 2.84. The summed E-state index contributed by atoms with van der Waals surface area (Å²) in [5.41, 5.74) is -0.442. The zero-order valence-corrected chi connectivity index (χ0v) is 12.5. The van der Waals surface area contributed by atoms with Crippen molar-refractivity contribution < 1.29 is 4.74 Å². The lowest BCUT2D eigenvalue weighted by atomic mass is 9.90. The summed E-state index contributed by atoms with van der Waals surface area (Å²) in [4.78, 5) is 0. The van der Waals surface area contributed by atoms with E-state index in [0.29, 0.717) is 18.6 Å². The highest BCUT2D eigenvalue weighted by Gasteiger charge is 2.46. The van der Waals surface area contributed by atoms with Gasteiger partial charge in [0.25, 0.3) is 0 Å². The van der Waals surface area contributed by atoms with Crippen LogP contribution in [0.1, 0.15) is 58.8 Å². The molecular formula is C16H28N2O. The first kappa shape index (κ1) is 14.8. The van der Waals surface area contributed by atoms with Gasteiger partial charge in [-0.25, -0.2) is 0 Å². The van der Waals surface area contributed by atoms with Crippen molar-refractivity contribution in [3.05, 3.63) is 0 Å². The summed E-state index contributed by atoms with van der Waals surface area (Å²) in [5.74, 6) is 1.22. The number of nitriles is 1. The van der Waals surface area contributed by atoms with Crippen molar-refractivity contribution >= 4 is 0 Å². The molecule has 1 N–H and O–H groups in total. The monoisotopic (exact) mass is 264 g/mol. The van der Waals surface area contributed by atoms with E-state index < -0.39 is 5.54 Å². The molecule has 0 spiro atoms. The van der Waals surface area contributed by atoms with Gasteiger partial charge in [0, 0.05) is 12.6 Å². The van der Waals surface area contributed by atoms with E-state index in [4.69, 9.17) is 4.74 Å². The predicted molar refractivity (Wildman–Crippen MR) is 76.7 cm³/mol. The van der Waals surface area contributed by atoms with E-state index >= 15 is 0 Å². The largest absolute Gasteiger partial charge is 0.378 e. The second-order valence-corrected chi connectivity index (χ2v) is 6.68. The van der Waals surface area contributed by atoms with Crippen LogP contribution >= 0.6 is 0 Å². The van der Waals surface area contributed by atoms with Gasteiger partial charge in [0.15, 0.2) is 0 Å². The Morgan fingerprint density at radius 2 is 1.89 bits per heavy atom. The first-order valence-corrected chi connectivity index (χ1v) is 7.93. The summed E-state index contributed by atoms with van der Waals surface area (Å²) in [5, 5.41) is 13.0. The minimum absolute atomic E-state index is 0.332. The van der Waals surface area contributed by atoms with Gasteiger partial charge in [-0.1, -0.05) is 19.3 Å². The third kappa shape index (κ3) is 4.19. The van der Waals surface area contributed by atoms with Crippen molar-refractivity contribution in [2.24, 2.45) is 11.8 Å². The molecule has 2 fully saturated rings. The molecule has 2 aliphatic carbocycles. The SMILES string of the molecule is CC(C)NC(C#N)(COCC1CCCCC1)C1CC1. The molecule has 2 aliphatic rings. The molecule has 19 heavy (non-hydrogen) atoms. The van der Waals surface area contributed by atoms with E-state index in [1.54, 1.807) is 0 Å². The highest BCUT2D eigenvalue weighted by Crippen LogP contribution is 2.40. The fraction of sp³-hybridized carbons (Fsp3) is 0.938. The Bertz CT molecular complexity index is 313. The normalized spacial score (nSPS) is 24.1. The molecule has 0 aliphatic heterocycles. The molecule has 1 unspecified atom stereocenters. The maximum atomic E-state index is 9.58. The van der Waals surface area contributed by atoms with E-state index in [2.05, 4.69) is 25.2 Å². The van der Waals surface area contributed by atoms with Gasteiger partial charge in [0.2, 0.25) is 0 Å². The molecule has 1 atom stereocenters. The summed E-state index contributed by atoms with van der Waals surface area (Å²) < 4.78 is 5.95. The topological polar surface area (TPSA) is 45.0 Å². The molecule has 0 saturated heterocycles. The smallest absolute Gasteiger partial charge is 0.133 e. The van der Waals surface area contributed by atoms with Crippen LogP contribution in [-0.4, -0.2) is 24.8 Å². The zero-order chi connectivity index (χ0) is 13.7. The summed E-state index contributed by atoms with van der Waals surface area (Å²) in [6.45, 7) is 5.62. The fourth-order valence-electron chi connectivity index (χ4n) is 3.26. The maximum absolute atomic E-state index is 9.58. The van der Waals surface area contributed by atoms with E-state index in [9.17, 15) is 5.26 Å². The number of hydrogen-bond acceptors (Lipinski definition) is 3. The van der Waals surface area contributed by atoms with Crippen LogP contribution in [0.15, 0.2) is 0 Å². The number of rotatable bonds is 7.